The molecule has 0 aliphatic heterocycles. The zero-order valence-corrected chi connectivity index (χ0v) is 10.8. The van der Waals surface area contributed by atoms with Crippen LogP contribution in [0.25, 0.3) is 0 Å². The van der Waals surface area contributed by atoms with Crippen molar-refractivity contribution in [2.45, 2.75) is 25.3 Å². The summed E-state index contributed by atoms with van der Waals surface area (Å²) in [6.07, 6.45) is 6.44. The maximum Gasteiger partial charge on any atom is 0.126 e. The summed E-state index contributed by atoms with van der Waals surface area (Å²) in [5.74, 6) is -0.0593. The first-order valence-corrected chi connectivity index (χ1v) is 6.74. The zero-order chi connectivity index (χ0) is 13.1. The number of pyridine rings is 1. The molecular formula is C16H17FN2. The van der Waals surface area contributed by atoms with E-state index in [-0.39, 0.29) is 5.82 Å². The fraction of sp³-hybridized carbons (Fsp3) is 0.312. The molecule has 0 fully saturated rings. The Bertz CT molecular complexity index is 554. The maximum absolute atomic E-state index is 13.6. The van der Waals surface area contributed by atoms with Gasteiger partial charge in [0.25, 0.3) is 0 Å². The van der Waals surface area contributed by atoms with Crippen molar-refractivity contribution in [3.8, 4) is 0 Å². The molecule has 1 aromatic carbocycles. The standard InChI is InChI=1S/C16H17FN2/c17-15-3-1-2-14-13(15)4-5-16(14)19-11-8-12-6-9-18-10-7-12/h1-3,6-7,9-10,16,19H,4-5,8,11H2. The normalized spacial score (nSPS) is 17.4. The van der Waals surface area contributed by atoms with Gasteiger partial charge in [-0.1, -0.05) is 12.1 Å². The molecule has 3 heteroatoms. The first-order chi connectivity index (χ1) is 9.34. The van der Waals surface area contributed by atoms with E-state index in [0.29, 0.717) is 6.04 Å². The average Bonchev–Trinajstić information content (AvgIpc) is 2.85. The smallest absolute Gasteiger partial charge is 0.126 e. The molecule has 1 aromatic heterocycles. The van der Waals surface area contributed by atoms with Crippen LogP contribution in [-0.4, -0.2) is 11.5 Å². The third-order valence-electron chi connectivity index (χ3n) is 3.77. The molecule has 19 heavy (non-hydrogen) atoms. The van der Waals surface area contributed by atoms with Crippen molar-refractivity contribution in [3.05, 3.63) is 65.2 Å². The topological polar surface area (TPSA) is 24.9 Å². The van der Waals surface area contributed by atoms with E-state index in [2.05, 4.69) is 10.3 Å². The number of hydrogen-bond acceptors (Lipinski definition) is 2. The molecule has 0 bridgehead atoms. The zero-order valence-electron chi connectivity index (χ0n) is 10.8. The number of benzene rings is 1. The Kier molecular flexibility index (Phi) is 3.56. The number of halogens is 1. The molecule has 2 nitrogen and oxygen atoms in total. The van der Waals surface area contributed by atoms with Gasteiger partial charge in [0, 0.05) is 18.4 Å². The van der Waals surface area contributed by atoms with Gasteiger partial charge >= 0.3 is 0 Å². The summed E-state index contributed by atoms with van der Waals surface area (Å²) in [6.45, 7) is 0.907. The van der Waals surface area contributed by atoms with Crippen LogP contribution in [0, 0.1) is 5.82 Å². The quantitative estimate of drug-likeness (QED) is 0.909. The minimum absolute atomic E-state index is 0.0593. The molecule has 1 N–H and O–H groups in total. The summed E-state index contributed by atoms with van der Waals surface area (Å²) in [6, 6.07) is 9.76. The second-order valence-electron chi connectivity index (χ2n) is 4.96. The van der Waals surface area contributed by atoms with E-state index in [9.17, 15) is 4.39 Å². The molecule has 2 aromatic rings. The number of nitrogens with zero attached hydrogens (tertiary/aromatic N) is 1. The molecule has 1 atom stereocenters. The van der Waals surface area contributed by atoms with Gasteiger partial charge < -0.3 is 5.32 Å². The molecule has 1 unspecified atom stereocenters. The van der Waals surface area contributed by atoms with E-state index in [4.69, 9.17) is 0 Å². The van der Waals surface area contributed by atoms with Crippen LogP contribution in [-0.2, 0) is 12.8 Å². The fourth-order valence-corrected chi connectivity index (χ4v) is 2.76. The third kappa shape index (κ3) is 2.66. The lowest BCUT2D eigenvalue weighted by Gasteiger charge is -2.14. The monoisotopic (exact) mass is 256 g/mol. The van der Waals surface area contributed by atoms with Crippen molar-refractivity contribution in [2.24, 2.45) is 0 Å². The first-order valence-electron chi connectivity index (χ1n) is 6.74. The summed E-state index contributed by atoms with van der Waals surface area (Å²) in [7, 11) is 0. The van der Waals surface area contributed by atoms with Crippen LogP contribution in [0.1, 0.15) is 29.2 Å². The van der Waals surface area contributed by atoms with Crippen molar-refractivity contribution < 1.29 is 4.39 Å². The molecule has 0 amide bonds. The van der Waals surface area contributed by atoms with E-state index in [1.165, 1.54) is 5.56 Å². The molecule has 0 saturated carbocycles. The van der Waals surface area contributed by atoms with Crippen LogP contribution < -0.4 is 5.32 Å². The number of nitrogens with one attached hydrogen (secondary N) is 1. The molecule has 0 radical (unpaired) electrons. The highest BCUT2D eigenvalue weighted by Gasteiger charge is 2.23. The summed E-state index contributed by atoms with van der Waals surface area (Å²) in [4.78, 5) is 4.01. The van der Waals surface area contributed by atoms with Gasteiger partial charge in [0.15, 0.2) is 0 Å². The Balaban J connectivity index is 1.60. The number of hydrogen-bond donors (Lipinski definition) is 1. The van der Waals surface area contributed by atoms with Crippen LogP contribution in [0.5, 0.6) is 0 Å². The largest absolute Gasteiger partial charge is 0.310 e. The van der Waals surface area contributed by atoms with E-state index >= 15 is 0 Å². The van der Waals surface area contributed by atoms with Crippen LogP contribution in [0.2, 0.25) is 0 Å². The predicted octanol–water partition coefficient (Wildman–Crippen LogP) is 3.04. The summed E-state index contributed by atoms with van der Waals surface area (Å²) >= 11 is 0. The summed E-state index contributed by atoms with van der Waals surface area (Å²) in [5, 5.41) is 3.53. The van der Waals surface area contributed by atoms with Gasteiger partial charge in [0.1, 0.15) is 5.82 Å². The lowest BCUT2D eigenvalue weighted by molar-refractivity contribution is 0.533. The highest BCUT2D eigenvalue weighted by atomic mass is 19.1. The van der Waals surface area contributed by atoms with Crippen molar-refractivity contribution in [1.82, 2.24) is 10.3 Å². The minimum Gasteiger partial charge on any atom is -0.310 e. The average molecular weight is 256 g/mol. The Morgan fingerprint density at radius 2 is 2.05 bits per heavy atom. The van der Waals surface area contributed by atoms with Crippen molar-refractivity contribution in [1.29, 1.82) is 0 Å². The fourth-order valence-electron chi connectivity index (χ4n) is 2.76. The molecule has 0 spiro atoms. The van der Waals surface area contributed by atoms with E-state index in [0.717, 1.165) is 36.9 Å². The Labute approximate surface area is 112 Å². The highest BCUT2D eigenvalue weighted by molar-refractivity contribution is 5.35. The van der Waals surface area contributed by atoms with Crippen LogP contribution in [0.4, 0.5) is 4.39 Å². The van der Waals surface area contributed by atoms with E-state index in [1.54, 1.807) is 12.1 Å². The molecule has 1 aliphatic rings. The predicted molar refractivity (Wildman–Crippen MR) is 73.4 cm³/mol. The molecular weight excluding hydrogens is 239 g/mol. The molecule has 98 valence electrons. The van der Waals surface area contributed by atoms with Crippen LogP contribution in [0.15, 0.2) is 42.7 Å². The molecule has 3 rings (SSSR count). The summed E-state index contributed by atoms with van der Waals surface area (Å²) < 4.78 is 13.6. The van der Waals surface area contributed by atoms with E-state index in [1.807, 2.05) is 30.6 Å². The third-order valence-corrected chi connectivity index (χ3v) is 3.77. The number of fused-ring (bicyclic) bond motifs is 1. The second kappa shape index (κ2) is 5.49. The molecule has 1 heterocycles. The maximum atomic E-state index is 13.6. The van der Waals surface area contributed by atoms with Gasteiger partial charge in [-0.05, 0) is 60.7 Å². The Morgan fingerprint density at radius 3 is 2.89 bits per heavy atom. The lowest BCUT2D eigenvalue weighted by Crippen LogP contribution is -2.21. The van der Waals surface area contributed by atoms with Crippen LogP contribution >= 0.6 is 0 Å². The van der Waals surface area contributed by atoms with Crippen molar-refractivity contribution in [3.63, 3.8) is 0 Å². The van der Waals surface area contributed by atoms with E-state index < -0.39 is 0 Å². The molecule has 1 aliphatic carbocycles. The van der Waals surface area contributed by atoms with Crippen LogP contribution in [0.3, 0.4) is 0 Å². The second-order valence-corrected chi connectivity index (χ2v) is 4.96. The Hall–Kier alpha value is -1.74. The summed E-state index contributed by atoms with van der Waals surface area (Å²) in [5.41, 5.74) is 3.30. The highest BCUT2D eigenvalue weighted by Crippen LogP contribution is 2.32. The first kappa shape index (κ1) is 12.3. The van der Waals surface area contributed by atoms with Gasteiger partial charge in [-0.15, -0.1) is 0 Å². The van der Waals surface area contributed by atoms with Gasteiger partial charge in [0.2, 0.25) is 0 Å². The van der Waals surface area contributed by atoms with Gasteiger partial charge in [-0.25, -0.2) is 4.39 Å². The molecule has 0 saturated heterocycles. The number of aromatic nitrogens is 1. The SMILES string of the molecule is Fc1cccc2c1CCC2NCCc1ccncc1. The minimum atomic E-state index is -0.0593. The lowest BCUT2D eigenvalue weighted by atomic mass is 10.1. The van der Waals surface area contributed by atoms with Gasteiger partial charge in [0.05, 0.1) is 0 Å². The number of rotatable bonds is 4. The van der Waals surface area contributed by atoms with Crippen molar-refractivity contribution >= 4 is 0 Å². The Morgan fingerprint density at radius 1 is 1.21 bits per heavy atom. The van der Waals surface area contributed by atoms with Gasteiger partial charge in [-0.3, -0.25) is 4.98 Å². The van der Waals surface area contributed by atoms with Gasteiger partial charge in [-0.2, -0.15) is 0 Å². The van der Waals surface area contributed by atoms with Crippen molar-refractivity contribution in [2.75, 3.05) is 6.54 Å².